The molecule has 0 aliphatic carbocycles. The van der Waals surface area contributed by atoms with Crippen molar-refractivity contribution in [3.05, 3.63) is 79.0 Å². The van der Waals surface area contributed by atoms with Gasteiger partial charge in [0, 0.05) is 22.1 Å². The molecule has 196 valence electrons. The van der Waals surface area contributed by atoms with Gasteiger partial charge in [0.05, 0.1) is 22.8 Å². The molecule has 0 radical (unpaired) electrons. The van der Waals surface area contributed by atoms with Gasteiger partial charge in [-0.05, 0) is 137 Å². The minimum atomic E-state index is 0.0862. The Bertz CT molecular complexity index is 1670. The zero-order valence-corrected chi connectivity index (χ0v) is 23.9. The molecule has 2 aromatic heterocycles. The van der Waals surface area contributed by atoms with Crippen LogP contribution in [0.3, 0.4) is 0 Å². The van der Waals surface area contributed by atoms with Gasteiger partial charge in [-0.1, -0.05) is 13.3 Å². The highest BCUT2D eigenvalue weighted by Gasteiger charge is 2.28. The molecule has 0 saturated heterocycles. The second kappa shape index (κ2) is 9.39. The van der Waals surface area contributed by atoms with E-state index in [-0.39, 0.29) is 6.17 Å². The van der Waals surface area contributed by atoms with Crippen LogP contribution >= 0.6 is 0 Å². The number of nitrogens with one attached hydrogen (secondary N) is 1. The van der Waals surface area contributed by atoms with Gasteiger partial charge in [0.15, 0.2) is 0 Å². The lowest BCUT2D eigenvalue weighted by molar-refractivity contribution is 0.448. The Hall–Kier alpha value is -3.44. The Morgan fingerprint density at radius 2 is 1.68 bits per heavy atom. The topological polar surface area (TPSA) is 46.6 Å². The SMILES string of the molecule is CCCC1=C(C)C2=NC1=Cc1c(CCCNC)c(C)c3n1C(C)n1c(cc(C)c1=C2)=CC1=NC(=C3)C(C)=C1. The molecule has 0 amide bonds. The second-order valence-electron chi connectivity index (χ2n) is 11.2. The number of aryl methyl sites for hydroxylation is 1. The normalized spacial score (nSPS) is 19.3. The molecule has 1 unspecified atom stereocenters. The van der Waals surface area contributed by atoms with Gasteiger partial charge in [-0.2, -0.15) is 0 Å². The summed E-state index contributed by atoms with van der Waals surface area (Å²) in [5.74, 6) is 0. The Labute approximate surface area is 226 Å². The Balaban J connectivity index is 1.78. The molecule has 38 heavy (non-hydrogen) atoms. The van der Waals surface area contributed by atoms with E-state index in [4.69, 9.17) is 9.98 Å². The molecular weight excluding hydrogens is 466 g/mol. The molecule has 6 bridgehead atoms. The molecule has 1 N–H and O–H groups in total. The van der Waals surface area contributed by atoms with Gasteiger partial charge in [0.1, 0.15) is 6.17 Å². The highest BCUT2D eigenvalue weighted by Crippen LogP contribution is 2.37. The third-order valence-corrected chi connectivity index (χ3v) is 8.59. The van der Waals surface area contributed by atoms with Gasteiger partial charge in [0.2, 0.25) is 0 Å². The molecular formula is C33H39N5. The summed E-state index contributed by atoms with van der Waals surface area (Å²) in [6, 6.07) is 2.31. The van der Waals surface area contributed by atoms with Gasteiger partial charge in [-0.15, -0.1) is 0 Å². The molecule has 6 rings (SSSR count). The number of aromatic nitrogens is 2. The number of nitrogens with zero attached hydrogens (tertiary/aromatic N) is 4. The lowest BCUT2D eigenvalue weighted by atomic mass is 9.99. The summed E-state index contributed by atoms with van der Waals surface area (Å²) in [4.78, 5) is 10.3. The average Bonchev–Trinajstić information content (AvgIpc) is 3.55. The number of allylic oxidation sites excluding steroid dienone is 4. The summed E-state index contributed by atoms with van der Waals surface area (Å²) in [6.45, 7) is 14.6. The Morgan fingerprint density at radius 3 is 2.45 bits per heavy atom. The van der Waals surface area contributed by atoms with E-state index in [1.807, 2.05) is 7.05 Å². The van der Waals surface area contributed by atoms with Crippen LogP contribution in [0, 0.1) is 13.8 Å². The molecule has 5 nitrogen and oxygen atoms in total. The summed E-state index contributed by atoms with van der Waals surface area (Å²) in [7, 11) is 2.04. The Morgan fingerprint density at radius 1 is 0.895 bits per heavy atom. The van der Waals surface area contributed by atoms with Crippen LogP contribution in [-0.4, -0.2) is 34.1 Å². The monoisotopic (exact) mass is 505 g/mol. The zero-order chi connectivity index (χ0) is 26.7. The lowest BCUT2D eigenvalue weighted by Crippen LogP contribution is -2.35. The van der Waals surface area contributed by atoms with Crippen molar-refractivity contribution in [1.29, 1.82) is 0 Å². The van der Waals surface area contributed by atoms with Crippen LogP contribution in [0.2, 0.25) is 0 Å². The van der Waals surface area contributed by atoms with Crippen molar-refractivity contribution in [2.24, 2.45) is 9.98 Å². The van der Waals surface area contributed by atoms with E-state index in [1.165, 1.54) is 55.5 Å². The van der Waals surface area contributed by atoms with Gasteiger partial charge in [0.25, 0.3) is 0 Å². The van der Waals surface area contributed by atoms with Crippen LogP contribution in [0.15, 0.2) is 50.2 Å². The lowest BCUT2D eigenvalue weighted by Gasteiger charge is -2.24. The first-order valence-corrected chi connectivity index (χ1v) is 14.1. The van der Waals surface area contributed by atoms with Crippen LogP contribution in [-0.2, 0) is 6.42 Å². The summed E-state index contributed by atoms with van der Waals surface area (Å²) < 4.78 is 5.05. The summed E-state index contributed by atoms with van der Waals surface area (Å²) >= 11 is 0. The number of rotatable bonds is 6. The van der Waals surface area contributed by atoms with Gasteiger partial charge in [-0.3, -0.25) is 0 Å². The van der Waals surface area contributed by atoms with Crippen LogP contribution in [0.1, 0.15) is 81.2 Å². The highest BCUT2D eigenvalue weighted by molar-refractivity contribution is 6.23. The minimum absolute atomic E-state index is 0.0862. The molecule has 5 heteroatoms. The van der Waals surface area contributed by atoms with Crippen molar-refractivity contribution in [2.75, 3.05) is 13.6 Å². The zero-order valence-electron chi connectivity index (χ0n) is 23.9. The molecule has 2 aromatic rings. The van der Waals surface area contributed by atoms with Gasteiger partial charge in [-0.25, -0.2) is 9.98 Å². The fraction of sp³-hybridized carbons (Fsp3) is 0.394. The summed E-state index contributed by atoms with van der Waals surface area (Å²) in [5, 5.41) is 5.75. The van der Waals surface area contributed by atoms with E-state index in [2.05, 4.69) is 92.4 Å². The average molecular weight is 506 g/mol. The smallest absolute Gasteiger partial charge is 0.108 e. The van der Waals surface area contributed by atoms with Crippen LogP contribution in [0.25, 0.3) is 24.3 Å². The van der Waals surface area contributed by atoms with Crippen LogP contribution in [0.4, 0.5) is 0 Å². The van der Waals surface area contributed by atoms with Gasteiger partial charge >= 0.3 is 0 Å². The van der Waals surface area contributed by atoms with Crippen LogP contribution < -0.4 is 16.0 Å². The molecule has 1 atom stereocenters. The van der Waals surface area contributed by atoms with Crippen molar-refractivity contribution in [2.45, 2.75) is 73.4 Å². The number of aliphatic imine (C=N–C) groups is 2. The maximum atomic E-state index is 5.27. The second-order valence-corrected chi connectivity index (χ2v) is 11.2. The van der Waals surface area contributed by atoms with E-state index in [1.54, 1.807) is 0 Å². The first kappa shape index (κ1) is 24.9. The van der Waals surface area contributed by atoms with E-state index >= 15 is 0 Å². The van der Waals surface area contributed by atoms with Crippen molar-refractivity contribution >= 4 is 35.7 Å². The first-order chi connectivity index (χ1) is 18.3. The van der Waals surface area contributed by atoms with E-state index in [0.29, 0.717) is 0 Å². The van der Waals surface area contributed by atoms with Crippen molar-refractivity contribution in [1.82, 2.24) is 14.5 Å². The maximum absolute atomic E-state index is 5.27. The largest absolute Gasteiger partial charge is 0.320 e. The van der Waals surface area contributed by atoms with E-state index in [0.717, 1.165) is 55.0 Å². The predicted octanol–water partition coefficient (Wildman–Crippen LogP) is 5.37. The third-order valence-electron chi connectivity index (χ3n) is 8.59. The molecule has 0 spiro atoms. The molecule has 0 saturated carbocycles. The minimum Gasteiger partial charge on any atom is -0.320 e. The van der Waals surface area contributed by atoms with E-state index in [9.17, 15) is 0 Å². The molecule has 6 heterocycles. The molecule has 4 aliphatic heterocycles. The Kier molecular flexibility index (Phi) is 6.14. The van der Waals surface area contributed by atoms with Gasteiger partial charge < -0.3 is 14.5 Å². The summed E-state index contributed by atoms with van der Waals surface area (Å²) in [5.41, 5.74) is 14.8. The standard InChI is InChI=1S/C33H39N5/c1-8-10-26-21(4)29-17-31-20(3)14-25-15-24-13-19(2)28(35-24)16-32-22(5)27(11-9-12-34-7)33(18-30(26)36-29)38(32)23(6)37(25)31/h13-18,23,34H,8-12H2,1-7H3. The quantitative estimate of drug-likeness (QED) is 0.528. The van der Waals surface area contributed by atoms with Crippen LogP contribution in [0.5, 0.6) is 0 Å². The fourth-order valence-corrected chi connectivity index (χ4v) is 6.59. The fourth-order valence-electron chi connectivity index (χ4n) is 6.59. The first-order valence-electron chi connectivity index (χ1n) is 14.1. The molecule has 0 aromatic carbocycles. The number of fused-ring (bicyclic) bond motifs is 2. The molecule has 0 fully saturated rings. The summed E-state index contributed by atoms with van der Waals surface area (Å²) in [6.07, 6.45) is 15.8. The highest BCUT2D eigenvalue weighted by atomic mass is 15.2. The van der Waals surface area contributed by atoms with Crippen molar-refractivity contribution in [3.8, 4) is 0 Å². The van der Waals surface area contributed by atoms with Crippen molar-refractivity contribution < 1.29 is 0 Å². The molecule has 4 aliphatic rings. The number of hydrogen-bond acceptors (Lipinski definition) is 3. The predicted molar refractivity (Wildman–Crippen MR) is 161 cm³/mol. The van der Waals surface area contributed by atoms with E-state index < -0.39 is 0 Å². The van der Waals surface area contributed by atoms with Crippen molar-refractivity contribution in [3.63, 3.8) is 0 Å². The third kappa shape index (κ3) is 3.79. The number of hydrogen-bond donors (Lipinski definition) is 1. The maximum Gasteiger partial charge on any atom is 0.108 e.